The summed E-state index contributed by atoms with van der Waals surface area (Å²) in [6.07, 6.45) is 3.34. The number of thiazole rings is 1. The van der Waals surface area contributed by atoms with Gasteiger partial charge in [-0.15, -0.1) is 0 Å². The SMILES string of the molecule is O=c1oc2ccc(Br)cc2cc1-c1cnc(NN=Cc2ccc(Br)cc2)s1. The number of fused-ring (bicyclic) bond motifs is 1. The molecule has 0 saturated carbocycles. The molecule has 0 bridgehead atoms. The van der Waals surface area contributed by atoms with Crippen molar-refractivity contribution in [1.29, 1.82) is 0 Å². The van der Waals surface area contributed by atoms with Crippen LogP contribution in [-0.4, -0.2) is 11.2 Å². The maximum Gasteiger partial charge on any atom is 0.345 e. The van der Waals surface area contributed by atoms with Crippen molar-refractivity contribution in [2.45, 2.75) is 0 Å². The van der Waals surface area contributed by atoms with Crippen LogP contribution in [0.25, 0.3) is 21.4 Å². The normalized spacial score (nSPS) is 11.3. The molecule has 134 valence electrons. The summed E-state index contributed by atoms with van der Waals surface area (Å²) in [4.78, 5) is 17.3. The second-order valence-corrected chi connectivity index (χ2v) is 8.44. The highest BCUT2D eigenvalue weighted by Gasteiger charge is 2.11. The van der Waals surface area contributed by atoms with Gasteiger partial charge in [0.2, 0.25) is 5.13 Å². The van der Waals surface area contributed by atoms with Gasteiger partial charge in [0.15, 0.2) is 0 Å². The smallest absolute Gasteiger partial charge is 0.345 e. The Balaban J connectivity index is 1.57. The van der Waals surface area contributed by atoms with Crippen molar-refractivity contribution in [1.82, 2.24) is 4.98 Å². The summed E-state index contributed by atoms with van der Waals surface area (Å²) in [5, 5.41) is 5.61. The molecule has 0 aliphatic rings. The highest BCUT2D eigenvalue weighted by Crippen LogP contribution is 2.29. The Morgan fingerprint density at radius 1 is 1.07 bits per heavy atom. The number of hydrogen-bond donors (Lipinski definition) is 1. The Hall–Kier alpha value is -2.29. The lowest BCUT2D eigenvalue weighted by atomic mass is 10.2. The van der Waals surface area contributed by atoms with Crippen LogP contribution in [0.2, 0.25) is 0 Å². The minimum absolute atomic E-state index is 0.390. The maximum atomic E-state index is 12.3. The van der Waals surface area contributed by atoms with Crippen molar-refractivity contribution in [2.24, 2.45) is 5.10 Å². The summed E-state index contributed by atoms with van der Waals surface area (Å²) in [6.45, 7) is 0. The summed E-state index contributed by atoms with van der Waals surface area (Å²) < 4.78 is 7.34. The van der Waals surface area contributed by atoms with Gasteiger partial charge in [0.05, 0.1) is 16.7 Å². The van der Waals surface area contributed by atoms with Crippen molar-refractivity contribution in [2.75, 3.05) is 5.43 Å². The summed E-state index contributed by atoms with van der Waals surface area (Å²) >= 11 is 8.16. The van der Waals surface area contributed by atoms with Crippen LogP contribution in [0.4, 0.5) is 5.13 Å². The lowest BCUT2D eigenvalue weighted by Crippen LogP contribution is -2.01. The Kier molecular flexibility index (Phi) is 5.20. The largest absolute Gasteiger partial charge is 0.422 e. The van der Waals surface area contributed by atoms with E-state index in [0.717, 1.165) is 19.9 Å². The second-order valence-electron chi connectivity index (χ2n) is 5.58. The van der Waals surface area contributed by atoms with E-state index in [9.17, 15) is 4.79 Å². The van der Waals surface area contributed by atoms with Gasteiger partial charge in [-0.05, 0) is 42.0 Å². The minimum atomic E-state index is -0.390. The number of aromatic nitrogens is 1. The summed E-state index contributed by atoms with van der Waals surface area (Å²) in [5.41, 5.74) is 4.48. The average molecular weight is 505 g/mol. The molecule has 27 heavy (non-hydrogen) atoms. The third-order valence-corrected chi connectivity index (χ3v) is 5.67. The van der Waals surface area contributed by atoms with Crippen molar-refractivity contribution in [3.63, 3.8) is 0 Å². The van der Waals surface area contributed by atoms with E-state index in [-0.39, 0.29) is 0 Å². The molecule has 4 rings (SSSR count). The van der Waals surface area contributed by atoms with Crippen molar-refractivity contribution >= 4 is 65.5 Å². The van der Waals surface area contributed by atoms with Gasteiger partial charge in [-0.3, -0.25) is 5.43 Å². The van der Waals surface area contributed by atoms with Gasteiger partial charge in [-0.25, -0.2) is 9.78 Å². The molecule has 0 spiro atoms. The number of rotatable bonds is 4. The van der Waals surface area contributed by atoms with E-state index >= 15 is 0 Å². The summed E-state index contributed by atoms with van der Waals surface area (Å²) in [6, 6.07) is 15.1. The fourth-order valence-corrected chi connectivity index (χ4v) is 3.84. The quantitative estimate of drug-likeness (QED) is 0.214. The van der Waals surface area contributed by atoms with Crippen LogP contribution in [0.15, 0.2) is 78.0 Å². The van der Waals surface area contributed by atoms with Crippen LogP contribution in [0.5, 0.6) is 0 Å². The number of nitrogens with zero attached hydrogens (tertiary/aromatic N) is 2. The molecule has 0 fully saturated rings. The first-order chi connectivity index (χ1) is 13.1. The molecule has 2 aromatic carbocycles. The molecular weight excluding hydrogens is 494 g/mol. The number of halogens is 2. The standard InChI is InChI=1S/C19H11Br2N3O2S/c20-13-3-1-11(2-4-13)9-23-24-19-22-10-17(27-19)15-8-12-7-14(21)5-6-16(12)26-18(15)25/h1-10H,(H,22,24). The average Bonchev–Trinajstić information content (AvgIpc) is 3.12. The van der Waals surface area contributed by atoms with Gasteiger partial charge in [0, 0.05) is 20.5 Å². The molecule has 5 nitrogen and oxygen atoms in total. The Morgan fingerprint density at radius 3 is 2.67 bits per heavy atom. The first-order valence-electron chi connectivity index (χ1n) is 7.83. The van der Waals surface area contributed by atoms with Crippen LogP contribution < -0.4 is 11.1 Å². The van der Waals surface area contributed by atoms with E-state index in [1.165, 1.54) is 11.3 Å². The zero-order chi connectivity index (χ0) is 18.8. The lowest BCUT2D eigenvalue weighted by molar-refractivity contribution is 0.563. The Labute approximate surface area is 175 Å². The number of anilines is 1. The maximum absolute atomic E-state index is 12.3. The predicted octanol–water partition coefficient (Wildman–Crippen LogP) is 5.89. The lowest BCUT2D eigenvalue weighted by Gasteiger charge is -2.00. The fourth-order valence-electron chi connectivity index (χ4n) is 2.43. The first kappa shape index (κ1) is 18.1. The van der Waals surface area contributed by atoms with Crippen LogP contribution >= 0.6 is 43.2 Å². The zero-order valence-corrected chi connectivity index (χ0v) is 17.6. The molecule has 2 aromatic heterocycles. The Morgan fingerprint density at radius 2 is 1.85 bits per heavy atom. The van der Waals surface area contributed by atoms with Crippen LogP contribution in [0, 0.1) is 0 Å². The predicted molar refractivity (Wildman–Crippen MR) is 117 cm³/mol. The third kappa shape index (κ3) is 4.18. The van der Waals surface area contributed by atoms with Gasteiger partial charge in [0.25, 0.3) is 0 Å². The molecule has 0 amide bonds. The molecular formula is C19H11Br2N3O2S. The van der Waals surface area contributed by atoms with Crippen LogP contribution in [-0.2, 0) is 0 Å². The number of nitrogens with one attached hydrogen (secondary N) is 1. The van der Waals surface area contributed by atoms with Crippen molar-refractivity contribution < 1.29 is 4.42 Å². The van der Waals surface area contributed by atoms with Gasteiger partial charge in [0.1, 0.15) is 5.58 Å². The number of hydrazone groups is 1. The van der Waals surface area contributed by atoms with Crippen molar-refractivity contribution in [3.05, 3.63) is 79.7 Å². The van der Waals surface area contributed by atoms with Gasteiger partial charge >= 0.3 is 5.63 Å². The zero-order valence-electron chi connectivity index (χ0n) is 13.6. The van der Waals surface area contributed by atoms with E-state index in [0.29, 0.717) is 21.2 Å². The molecule has 0 aliphatic heterocycles. The minimum Gasteiger partial charge on any atom is -0.422 e. The van der Waals surface area contributed by atoms with Crippen molar-refractivity contribution in [3.8, 4) is 10.4 Å². The molecule has 0 unspecified atom stereocenters. The van der Waals surface area contributed by atoms with Crippen LogP contribution in [0.3, 0.4) is 0 Å². The van der Waals surface area contributed by atoms with E-state index in [4.69, 9.17) is 4.42 Å². The molecule has 0 atom stereocenters. The third-order valence-electron chi connectivity index (χ3n) is 3.71. The molecule has 4 aromatic rings. The fraction of sp³-hybridized carbons (Fsp3) is 0. The van der Waals surface area contributed by atoms with Crippen LogP contribution in [0.1, 0.15) is 5.56 Å². The molecule has 8 heteroatoms. The van der Waals surface area contributed by atoms with E-state index in [2.05, 4.69) is 47.4 Å². The van der Waals surface area contributed by atoms with Gasteiger partial charge < -0.3 is 4.42 Å². The van der Waals surface area contributed by atoms with E-state index < -0.39 is 5.63 Å². The highest BCUT2D eigenvalue weighted by molar-refractivity contribution is 9.10. The number of benzene rings is 2. The first-order valence-corrected chi connectivity index (χ1v) is 10.2. The molecule has 0 saturated heterocycles. The molecule has 0 radical (unpaired) electrons. The topological polar surface area (TPSA) is 67.5 Å². The molecule has 0 aliphatic carbocycles. The van der Waals surface area contributed by atoms with E-state index in [1.54, 1.807) is 18.5 Å². The van der Waals surface area contributed by atoms with E-state index in [1.807, 2.05) is 42.5 Å². The summed E-state index contributed by atoms with van der Waals surface area (Å²) in [7, 11) is 0. The molecule has 1 N–H and O–H groups in total. The van der Waals surface area contributed by atoms with Gasteiger partial charge in [-0.2, -0.15) is 5.10 Å². The second kappa shape index (κ2) is 7.75. The summed E-state index contributed by atoms with van der Waals surface area (Å²) in [5.74, 6) is 0. The molecule has 2 heterocycles. The number of hydrogen-bond acceptors (Lipinski definition) is 6. The highest BCUT2D eigenvalue weighted by atomic mass is 79.9. The monoisotopic (exact) mass is 503 g/mol. The van der Waals surface area contributed by atoms with Gasteiger partial charge in [-0.1, -0.05) is 55.3 Å². The Bertz CT molecular complexity index is 1200.